The van der Waals surface area contributed by atoms with E-state index in [2.05, 4.69) is 11.9 Å². The number of rotatable bonds is 5. The van der Waals surface area contributed by atoms with Gasteiger partial charge in [0.15, 0.2) is 11.5 Å². The van der Waals surface area contributed by atoms with E-state index in [0.717, 1.165) is 6.08 Å². The molecule has 0 aliphatic rings. The highest BCUT2D eigenvalue weighted by Gasteiger charge is 2.38. The number of carbonyl (C=O) groups excluding carboxylic acids is 2. The summed E-state index contributed by atoms with van der Waals surface area (Å²) in [6.45, 7) is 10.6. The molecule has 0 aromatic heterocycles. The summed E-state index contributed by atoms with van der Waals surface area (Å²) in [4.78, 5) is 22.4. The molecule has 0 spiro atoms. The maximum Gasteiger partial charge on any atom is 0.245 e. The predicted molar refractivity (Wildman–Crippen MR) is 62.1 cm³/mol. The fourth-order valence-electron chi connectivity index (χ4n) is 1.28. The molecule has 0 fully saturated rings. The van der Waals surface area contributed by atoms with Gasteiger partial charge in [0.05, 0.1) is 8.07 Å². The van der Waals surface area contributed by atoms with Crippen LogP contribution in [0.4, 0.5) is 0 Å². The zero-order valence-electron chi connectivity index (χ0n) is 9.76. The van der Waals surface area contributed by atoms with Crippen LogP contribution in [-0.4, -0.2) is 30.6 Å². The second kappa shape index (κ2) is 4.72. The summed E-state index contributed by atoms with van der Waals surface area (Å²) in [5.74, 6) is -0.980. The van der Waals surface area contributed by atoms with E-state index in [1.807, 2.05) is 19.6 Å². The smallest absolute Gasteiger partial charge is 0.245 e. The van der Waals surface area contributed by atoms with Crippen LogP contribution in [0, 0.1) is 0 Å². The van der Waals surface area contributed by atoms with Gasteiger partial charge in [0.25, 0.3) is 0 Å². The maximum atomic E-state index is 11.3. The predicted octanol–water partition coefficient (Wildman–Crippen LogP) is 0.904. The number of amides is 1. The third-order valence-electron chi connectivity index (χ3n) is 1.88. The lowest BCUT2D eigenvalue weighted by Gasteiger charge is -2.31. The van der Waals surface area contributed by atoms with Crippen LogP contribution in [0.25, 0.3) is 0 Å². The molecule has 0 aliphatic carbocycles. The van der Waals surface area contributed by atoms with Gasteiger partial charge in [-0.05, 0) is 19.0 Å². The number of nitrogens with one attached hydrogen (secondary N) is 1. The van der Waals surface area contributed by atoms with Gasteiger partial charge in [0, 0.05) is 0 Å². The second-order valence-corrected chi connectivity index (χ2v) is 10.3. The normalized spacial score (nSPS) is 15.3. The molecule has 86 valence electrons. The summed E-state index contributed by atoms with van der Waals surface area (Å²) in [6.07, 6.45) is 1.04. The third kappa shape index (κ3) is 4.90. The number of carbonyl (C=O) groups is 2. The van der Waals surface area contributed by atoms with Crippen molar-refractivity contribution in [2.75, 3.05) is 0 Å². The molecule has 2 N–H and O–H groups in total. The summed E-state index contributed by atoms with van der Waals surface area (Å²) < 4.78 is 0. The van der Waals surface area contributed by atoms with E-state index in [0.29, 0.717) is 6.04 Å². The molecular weight excluding hydrogens is 210 g/mol. The molecule has 0 aliphatic heterocycles. The molecule has 0 bridgehead atoms. The first kappa shape index (κ1) is 14.1. The summed E-state index contributed by atoms with van der Waals surface area (Å²) in [7, 11) is -1.65. The van der Waals surface area contributed by atoms with Gasteiger partial charge >= 0.3 is 0 Å². The number of Topliss-reactive ketones (excluding diaryl/α,β-unsaturated/α-hetero) is 1. The first-order valence-corrected chi connectivity index (χ1v) is 8.49. The minimum absolute atomic E-state index is 0.301. The SMILES string of the molecule is C=CC(=O)NC(O)(C[Si](C)(C)C)C(C)=O. The van der Waals surface area contributed by atoms with Crippen LogP contribution in [-0.2, 0) is 9.59 Å². The van der Waals surface area contributed by atoms with E-state index in [9.17, 15) is 14.7 Å². The minimum atomic E-state index is -1.74. The van der Waals surface area contributed by atoms with Crippen LogP contribution in [0.15, 0.2) is 12.7 Å². The number of hydrogen-bond donors (Lipinski definition) is 2. The zero-order valence-corrected chi connectivity index (χ0v) is 10.8. The zero-order chi connectivity index (χ0) is 12.3. The average Bonchev–Trinajstić information content (AvgIpc) is 2.00. The molecule has 0 heterocycles. The van der Waals surface area contributed by atoms with E-state index < -0.39 is 25.5 Å². The highest BCUT2D eigenvalue weighted by Crippen LogP contribution is 2.19. The first-order valence-electron chi connectivity index (χ1n) is 4.79. The topological polar surface area (TPSA) is 66.4 Å². The Hall–Kier alpha value is -0.943. The third-order valence-corrected chi connectivity index (χ3v) is 3.46. The minimum Gasteiger partial charge on any atom is -0.365 e. The monoisotopic (exact) mass is 229 g/mol. The molecule has 0 saturated heterocycles. The molecule has 1 unspecified atom stereocenters. The van der Waals surface area contributed by atoms with Crippen molar-refractivity contribution < 1.29 is 14.7 Å². The van der Waals surface area contributed by atoms with Crippen LogP contribution in [0.2, 0.25) is 25.7 Å². The molecule has 15 heavy (non-hydrogen) atoms. The number of aliphatic hydroxyl groups is 1. The standard InChI is InChI=1S/C10H19NO3Si/c1-6-9(13)11-10(14,8(2)12)7-15(3,4)5/h6,14H,1,7H2,2-5H3,(H,11,13). The van der Waals surface area contributed by atoms with Crippen molar-refractivity contribution in [2.45, 2.75) is 38.3 Å². The summed E-state index contributed by atoms with van der Waals surface area (Å²) in [5, 5.41) is 12.3. The van der Waals surface area contributed by atoms with E-state index in [1.54, 1.807) is 0 Å². The quantitative estimate of drug-likeness (QED) is 0.418. The van der Waals surface area contributed by atoms with Crippen molar-refractivity contribution in [1.82, 2.24) is 5.32 Å². The Labute approximate surface area is 91.4 Å². The van der Waals surface area contributed by atoms with Gasteiger partial charge in [-0.25, -0.2) is 0 Å². The van der Waals surface area contributed by atoms with E-state index in [4.69, 9.17) is 0 Å². The van der Waals surface area contributed by atoms with Crippen LogP contribution in [0.3, 0.4) is 0 Å². The molecular formula is C10H19NO3Si. The van der Waals surface area contributed by atoms with Gasteiger partial charge in [0.2, 0.25) is 5.91 Å². The highest BCUT2D eigenvalue weighted by molar-refractivity contribution is 6.76. The van der Waals surface area contributed by atoms with Gasteiger partial charge in [-0.15, -0.1) is 0 Å². The Morgan fingerprint density at radius 1 is 1.47 bits per heavy atom. The van der Waals surface area contributed by atoms with Crippen LogP contribution >= 0.6 is 0 Å². The summed E-state index contributed by atoms with van der Waals surface area (Å²) in [5.41, 5.74) is -1.74. The van der Waals surface area contributed by atoms with Crippen molar-refractivity contribution in [3.8, 4) is 0 Å². The highest BCUT2D eigenvalue weighted by atomic mass is 28.3. The van der Waals surface area contributed by atoms with Gasteiger partial charge < -0.3 is 10.4 Å². The van der Waals surface area contributed by atoms with Crippen molar-refractivity contribution in [3.05, 3.63) is 12.7 Å². The van der Waals surface area contributed by atoms with E-state index in [-0.39, 0.29) is 0 Å². The largest absolute Gasteiger partial charge is 0.365 e. The Bertz CT molecular complexity index is 283. The summed E-state index contributed by atoms with van der Waals surface area (Å²) in [6, 6.07) is 0.301. The lowest BCUT2D eigenvalue weighted by molar-refractivity contribution is -0.142. The van der Waals surface area contributed by atoms with Gasteiger partial charge in [-0.2, -0.15) is 0 Å². The molecule has 4 nitrogen and oxygen atoms in total. The van der Waals surface area contributed by atoms with Crippen molar-refractivity contribution >= 4 is 19.8 Å². The fraction of sp³-hybridized carbons (Fsp3) is 0.600. The fourth-order valence-corrected chi connectivity index (χ4v) is 3.15. The summed E-state index contributed by atoms with van der Waals surface area (Å²) >= 11 is 0. The van der Waals surface area contributed by atoms with Gasteiger partial charge in [-0.3, -0.25) is 9.59 Å². The Morgan fingerprint density at radius 2 is 1.93 bits per heavy atom. The molecule has 0 rings (SSSR count). The Balaban J connectivity index is 4.83. The molecule has 5 heteroatoms. The lowest BCUT2D eigenvalue weighted by Crippen LogP contribution is -2.56. The molecule has 0 saturated carbocycles. The van der Waals surface area contributed by atoms with Crippen molar-refractivity contribution in [1.29, 1.82) is 0 Å². The van der Waals surface area contributed by atoms with Crippen molar-refractivity contribution in [3.63, 3.8) is 0 Å². The Kier molecular flexibility index (Phi) is 4.42. The van der Waals surface area contributed by atoms with Gasteiger partial charge in [-0.1, -0.05) is 26.2 Å². The molecule has 0 radical (unpaired) electrons. The first-order chi connectivity index (χ1) is 6.60. The molecule has 0 aromatic carbocycles. The molecule has 1 atom stereocenters. The van der Waals surface area contributed by atoms with Crippen LogP contribution < -0.4 is 5.32 Å². The van der Waals surface area contributed by atoms with Crippen LogP contribution in [0.1, 0.15) is 6.92 Å². The average molecular weight is 229 g/mol. The van der Waals surface area contributed by atoms with Gasteiger partial charge in [0.1, 0.15) is 0 Å². The molecule has 1 amide bonds. The number of hydrogen-bond acceptors (Lipinski definition) is 3. The lowest BCUT2D eigenvalue weighted by atomic mass is 10.1. The van der Waals surface area contributed by atoms with Crippen molar-refractivity contribution in [2.24, 2.45) is 0 Å². The van der Waals surface area contributed by atoms with E-state index >= 15 is 0 Å². The number of ketones is 1. The van der Waals surface area contributed by atoms with Crippen LogP contribution in [0.5, 0.6) is 0 Å². The Morgan fingerprint density at radius 3 is 2.20 bits per heavy atom. The molecule has 0 aromatic rings. The second-order valence-electron chi connectivity index (χ2n) is 4.85. The maximum absolute atomic E-state index is 11.3. The van der Waals surface area contributed by atoms with E-state index in [1.165, 1.54) is 6.92 Å².